The Morgan fingerprint density at radius 1 is 1.14 bits per heavy atom. The molecule has 0 unspecified atom stereocenters. The molecule has 0 aromatic carbocycles. The first kappa shape index (κ1) is 34.9. The van der Waals surface area contributed by atoms with Gasteiger partial charge in [-0.3, -0.25) is 14.4 Å². The van der Waals surface area contributed by atoms with Crippen molar-refractivity contribution in [3.63, 3.8) is 0 Å². The molecule has 3 aliphatic rings. The Labute approximate surface area is 258 Å². The van der Waals surface area contributed by atoms with Gasteiger partial charge in [-0.1, -0.05) is 38.2 Å². The highest BCUT2D eigenvalue weighted by molar-refractivity contribution is 6.23. The molecule has 2 aliphatic heterocycles. The number of nitrogens with one attached hydrogen (secondary N) is 1. The lowest BCUT2D eigenvalue weighted by atomic mass is 9.84. The van der Waals surface area contributed by atoms with Gasteiger partial charge in [0, 0.05) is 63.0 Å². The number of carbonyl (C=O) groups is 4. The van der Waals surface area contributed by atoms with Gasteiger partial charge in [0.05, 0.1) is 23.6 Å². The maximum absolute atomic E-state index is 13.8. The number of fused-ring (bicyclic) bond motifs is 2. The highest BCUT2D eigenvalue weighted by atomic mass is 16.6. The molecular formula is C32H45N3O9. The third-order valence-corrected chi connectivity index (χ3v) is 8.30. The molecule has 0 spiro atoms. The van der Waals surface area contributed by atoms with E-state index >= 15 is 0 Å². The Bertz CT molecular complexity index is 1280. The van der Waals surface area contributed by atoms with E-state index in [4.69, 9.17) is 19.9 Å². The van der Waals surface area contributed by atoms with Crippen LogP contribution in [0.15, 0.2) is 58.5 Å². The van der Waals surface area contributed by atoms with Crippen LogP contribution in [0.4, 0.5) is 4.79 Å². The van der Waals surface area contributed by atoms with E-state index in [2.05, 4.69) is 5.32 Å². The summed E-state index contributed by atoms with van der Waals surface area (Å²) in [6.45, 7) is 7.86. The maximum atomic E-state index is 13.8. The largest absolute Gasteiger partial charge is 0.439 e. The quantitative estimate of drug-likeness (QED) is 0.263. The number of hydrogen-bond donors (Lipinski definition) is 4. The number of nitrogens with two attached hydrogens (primary N) is 1. The van der Waals surface area contributed by atoms with Gasteiger partial charge in [-0.25, -0.2) is 4.79 Å². The number of ketones is 2. The van der Waals surface area contributed by atoms with Gasteiger partial charge in [0.1, 0.15) is 6.10 Å². The Kier molecular flexibility index (Phi) is 12.2. The zero-order valence-electron chi connectivity index (χ0n) is 26.2. The van der Waals surface area contributed by atoms with Crippen molar-refractivity contribution in [2.45, 2.75) is 65.0 Å². The Hall–Kier alpha value is -3.58. The van der Waals surface area contributed by atoms with E-state index in [0.717, 1.165) is 6.08 Å². The van der Waals surface area contributed by atoms with Crippen molar-refractivity contribution in [3.8, 4) is 0 Å². The summed E-state index contributed by atoms with van der Waals surface area (Å²) in [5, 5.41) is 23.4. The fraction of sp³-hybridized carbons (Fsp3) is 0.562. The number of Topliss-reactive ketones (excluding diaryl/α,β-unsaturated/α-hetero) is 1. The fourth-order valence-corrected chi connectivity index (χ4v) is 5.78. The van der Waals surface area contributed by atoms with Gasteiger partial charge in [-0.15, -0.1) is 0 Å². The molecule has 1 saturated heterocycles. The van der Waals surface area contributed by atoms with Crippen molar-refractivity contribution in [3.05, 3.63) is 58.5 Å². The third kappa shape index (κ3) is 8.32. The SMILES string of the molecule is CO[C@H]1/C=C/C=C(/C)C(=O)NC2=CC(=O)C(N3CC(CO)C3)=C(C[C@@H](C)C[C@H](OC)[C@H](O)[C@@H](C)/C=C(\C)[C@@H]1OC(N)=O)C2=O. The van der Waals surface area contributed by atoms with Crippen LogP contribution in [-0.2, 0) is 28.6 Å². The fourth-order valence-electron chi connectivity index (χ4n) is 5.78. The summed E-state index contributed by atoms with van der Waals surface area (Å²) >= 11 is 0. The smallest absolute Gasteiger partial charge is 0.405 e. The number of allylic oxidation sites excluding steroid dienone is 4. The van der Waals surface area contributed by atoms with Crippen LogP contribution in [0.2, 0.25) is 0 Å². The van der Waals surface area contributed by atoms with Gasteiger partial charge < -0.3 is 40.4 Å². The summed E-state index contributed by atoms with van der Waals surface area (Å²) in [5.41, 5.74) is 6.61. The lowest BCUT2D eigenvalue weighted by Crippen LogP contribution is -2.50. The summed E-state index contributed by atoms with van der Waals surface area (Å²) in [7, 11) is 2.92. The molecule has 12 heteroatoms. The number of primary amides is 1. The second kappa shape index (κ2) is 15.4. The molecule has 6 atom stereocenters. The number of ether oxygens (including phenoxy) is 3. The maximum Gasteiger partial charge on any atom is 0.405 e. The second-order valence-corrected chi connectivity index (χ2v) is 11.9. The minimum atomic E-state index is -1.00. The molecule has 44 heavy (non-hydrogen) atoms. The number of carbonyl (C=O) groups excluding carboxylic acids is 4. The first-order valence-electron chi connectivity index (χ1n) is 14.7. The Morgan fingerprint density at radius 3 is 2.41 bits per heavy atom. The van der Waals surface area contributed by atoms with Crippen LogP contribution in [0.25, 0.3) is 0 Å². The minimum Gasteiger partial charge on any atom is -0.439 e. The minimum absolute atomic E-state index is 0.00864. The van der Waals surface area contributed by atoms with Gasteiger partial charge in [0.15, 0.2) is 6.10 Å². The van der Waals surface area contributed by atoms with Gasteiger partial charge in [0.2, 0.25) is 11.6 Å². The Morgan fingerprint density at radius 2 is 1.82 bits per heavy atom. The summed E-state index contributed by atoms with van der Waals surface area (Å²) in [4.78, 5) is 53.7. The van der Waals surface area contributed by atoms with Crippen molar-refractivity contribution >= 4 is 23.6 Å². The van der Waals surface area contributed by atoms with Gasteiger partial charge in [-0.2, -0.15) is 0 Å². The number of rotatable bonds is 5. The molecule has 0 saturated carbocycles. The van der Waals surface area contributed by atoms with E-state index in [1.807, 2.05) is 6.92 Å². The number of methoxy groups -OCH3 is 2. The van der Waals surface area contributed by atoms with E-state index in [0.29, 0.717) is 25.1 Å². The lowest BCUT2D eigenvalue weighted by molar-refractivity contribution is -0.120. The summed E-state index contributed by atoms with van der Waals surface area (Å²) in [6, 6.07) is 0. The molecule has 2 bridgehead atoms. The van der Waals surface area contributed by atoms with E-state index in [-0.39, 0.29) is 47.4 Å². The molecule has 12 nitrogen and oxygen atoms in total. The second-order valence-electron chi connectivity index (χ2n) is 11.9. The van der Waals surface area contributed by atoms with Crippen LogP contribution < -0.4 is 11.1 Å². The van der Waals surface area contributed by atoms with Gasteiger partial charge >= 0.3 is 6.09 Å². The number of amides is 2. The van der Waals surface area contributed by atoms with Crippen molar-refractivity contribution in [2.75, 3.05) is 33.9 Å². The van der Waals surface area contributed by atoms with Crippen LogP contribution >= 0.6 is 0 Å². The first-order chi connectivity index (χ1) is 20.8. The summed E-state index contributed by atoms with van der Waals surface area (Å²) < 4.78 is 16.6. The number of likely N-dealkylation sites (tertiary alicyclic amines) is 1. The van der Waals surface area contributed by atoms with Crippen LogP contribution in [0.5, 0.6) is 0 Å². The van der Waals surface area contributed by atoms with Crippen molar-refractivity contribution in [1.82, 2.24) is 10.2 Å². The number of aliphatic hydroxyl groups excluding tert-OH is 2. The topological polar surface area (TPSA) is 178 Å². The number of aliphatic hydroxyl groups is 2. The first-order valence-corrected chi connectivity index (χ1v) is 14.7. The highest BCUT2D eigenvalue weighted by Gasteiger charge is 2.38. The van der Waals surface area contributed by atoms with E-state index < -0.39 is 53.9 Å². The standard InChI is InChI=1S/C32H45N3O9/c1-17-10-22-27(35-14-21(15-35)16-36)24(37)13-23(29(22)39)34-31(40)18(2)8-7-9-25(42-5)30(44-32(33)41)20(4)12-19(3)28(38)26(11-17)43-6/h7-9,12-13,17,19,21,25-26,28,30,36,38H,10-11,14-16H2,1-6H3,(H2,33,41)(H,34,40)/b9-7+,18-8-,20-12+/t17-,19+,25+,26+,28-,30+/m1/s1. The van der Waals surface area contributed by atoms with Crippen molar-refractivity contribution < 1.29 is 43.6 Å². The zero-order valence-corrected chi connectivity index (χ0v) is 26.2. The molecule has 242 valence electrons. The highest BCUT2D eigenvalue weighted by Crippen LogP contribution is 2.33. The number of hydrogen-bond acceptors (Lipinski definition) is 10. The average Bonchev–Trinajstić information content (AvgIpc) is 2.95. The molecule has 1 fully saturated rings. The summed E-state index contributed by atoms with van der Waals surface area (Å²) in [6.07, 6.45) is 3.79. The van der Waals surface area contributed by atoms with Crippen LogP contribution in [0.3, 0.4) is 0 Å². The third-order valence-electron chi connectivity index (χ3n) is 8.30. The zero-order chi connectivity index (χ0) is 32.7. The van der Waals surface area contributed by atoms with Crippen LogP contribution in [-0.4, -0.2) is 97.0 Å². The average molecular weight is 616 g/mol. The van der Waals surface area contributed by atoms with E-state index in [1.165, 1.54) is 20.3 Å². The molecule has 2 amide bonds. The monoisotopic (exact) mass is 615 g/mol. The molecule has 0 aromatic rings. The lowest BCUT2D eigenvalue weighted by Gasteiger charge is -2.42. The molecular weight excluding hydrogens is 570 g/mol. The molecule has 1 aliphatic carbocycles. The molecule has 2 heterocycles. The molecule has 5 N–H and O–H groups in total. The predicted octanol–water partition coefficient (Wildman–Crippen LogP) is 1.69. The predicted molar refractivity (Wildman–Crippen MR) is 162 cm³/mol. The van der Waals surface area contributed by atoms with E-state index in [9.17, 15) is 29.4 Å². The van der Waals surface area contributed by atoms with Crippen LogP contribution in [0.1, 0.15) is 40.5 Å². The van der Waals surface area contributed by atoms with Crippen molar-refractivity contribution in [2.24, 2.45) is 23.5 Å². The van der Waals surface area contributed by atoms with Crippen LogP contribution in [0, 0.1) is 17.8 Å². The molecule has 3 rings (SSSR count). The Balaban J connectivity index is 2.07. The summed E-state index contributed by atoms with van der Waals surface area (Å²) in [5.74, 6) is -2.08. The van der Waals surface area contributed by atoms with Crippen molar-refractivity contribution in [1.29, 1.82) is 0 Å². The normalized spacial score (nSPS) is 33.0. The van der Waals surface area contributed by atoms with Gasteiger partial charge in [-0.05, 0) is 38.2 Å². The van der Waals surface area contributed by atoms with Gasteiger partial charge in [0.25, 0.3) is 5.91 Å². The molecule has 0 radical (unpaired) electrons. The number of nitrogens with zero attached hydrogens (tertiary/aromatic N) is 1. The van der Waals surface area contributed by atoms with E-state index in [1.54, 1.807) is 43.9 Å². The molecule has 0 aromatic heterocycles.